The number of nitrogens with zero attached hydrogens (tertiary/aromatic N) is 3. The molecule has 1 aromatic heterocycles. The third-order valence-electron chi connectivity index (χ3n) is 4.42. The van der Waals surface area contributed by atoms with Crippen LogP contribution in [0.4, 0.5) is 0 Å². The van der Waals surface area contributed by atoms with E-state index < -0.39 is 15.8 Å². The van der Waals surface area contributed by atoms with Crippen LogP contribution in [0.15, 0.2) is 36.7 Å². The Morgan fingerprint density at radius 3 is 2.88 bits per heavy atom. The molecular formula is C16H22N4O3S. The third kappa shape index (κ3) is 2.98. The van der Waals surface area contributed by atoms with Gasteiger partial charge in [0, 0.05) is 33.0 Å². The van der Waals surface area contributed by atoms with Crippen LogP contribution in [-0.4, -0.2) is 47.4 Å². The van der Waals surface area contributed by atoms with Crippen LogP contribution in [0.5, 0.6) is 0 Å². The van der Waals surface area contributed by atoms with Gasteiger partial charge in [0.2, 0.25) is 0 Å². The minimum Gasteiger partial charge on any atom is -0.384 e. The zero-order chi connectivity index (χ0) is 17.4. The second-order valence-electron chi connectivity index (χ2n) is 6.22. The summed E-state index contributed by atoms with van der Waals surface area (Å²) in [5, 5.41) is 14.0. The molecule has 0 fully saturated rings. The minimum absolute atomic E-state index is 0.255. The molecule has 1 atom stereocenters. The Labute approximate surface area is 142 Å². The average Bonchev–Trinajstić information content (AvgIpc) is 3.14. The van der Waals surface area contributed by atoms with Gasteiger partial charge in [0.05, 0.1) is 6.54 Å². The van der Waals surface area contributed by atoms with Gasteiger partial charge in [-0.25, -0.2) is 8.96 Å². The number of aryl methyl sites for hydroxylation is 1. The molecule has 0 unspecified atom stereocenters. The second-order valence-corrected chi connectivity index (χ2v) is 8.24. The fraction of sp³-hybridized carbons (Fsp3) is 0.438. The maximum Gasteiger partial charge on any atom is 0.308 e. The first-order valence-corrected chi connectivity index (χ1v) is 9.21. The summed E-state index contributed by atoms with van der Waals surface area (Å²) < 4.78 is 26.7. The molecule has 130 valence electrons. The Balaban J connectivity index is 1.70. The number of aromatic nitrogens is 2. The first kappa shape index (κ1) is 17.1. The number of imidazole rings is 1. The standard InChI is InChI=1S/C16H22N4O3S/c1-19(2)24(22,23)20-10-9-18-15(20)11-17-12-16(21)8-7-13-5-3-4-6-14(13)16/h3-6,9-10,17,21H,7-8,11-12H2,1-2H3/t16-/m0/s1. The molecule has 7 nitrogen and oxygen atoms in total. The largest absolute Gasteiger partial charge is 0.384 e. The van der Waals surface area contributed by atoms with Crippen LogP contribution in [0, 0.1) is 0 Å². The van der Waals surface area contributed by atoms with Gasteiger partial charge in [0.25, 0.3) is 0 Å². The van der Waals surface area contributed by atoms with Gasteiger partial charge in [-0.1, -0.05) is 24.3 Å². The molecule has 0 saturated carbocycles. The third-order valence-corrected chi connectivity index (χ3v) is 6.17. The van der Waals surface area contributed by atoms with Gasteiger partial charge in [-0.15, -0.1) is 0 Å². The zero-order valence-corrected chi connectivity index (χ0v) is 14.6. The van der Waals surface area contributed by atoms with Crippen LogP contribution in [-0.2, 0) is 28.8 Å². The molecule has 0 bridgehead atoms. The van der Waals surface area contributed by atoms with Crippen LogP contribution in [0.25, 0.3) is 0 Å². The van der Waals surface area contributed by atoms with Crippen molar-refractivity contribution in [3.63, 3.8) is 0 Å². The highest BCUT2D eigenvalue weighted by Crippen LogP contribution is 2.36. The molecule has 1 aliphatic rings. The summed E-state index contributed by atoms with van der Waals surface area (Å²) in [6.45, 7) is 0.601. The fourth-order valence-electron chi connectivity index (χ4n) is 3.07. The Hall–Kier alpha value is -1.74. The summed E-state index contributed by atoms with van der Waals surface area (Å²) in [5.74, 6) is 0.388. The summed E-state index contributed by atoms with van der Waals surface area (Å²) >= 11 is 0. The maximum absolute atomic E-state index is 12.2. The summed E-state index contributed by atoms with van der Waals surface area (Å²) in [6.07, 6.45) is 4.38. The Bertz CT molecular complexity index is 831. The van der Waals surface area contributed by atoms with E-state index >= 15 is 0 Å². The Morgan fingerprint density at radius 2 is 2.12 bits per heavy atom. The molecule has 3 rings (SSSR count). The fourth-order valence-corrected chi connectivity index (χ4v) is 4.00. The normalized spacial score (nSPS) is 20.5. The van der Waals surface area contributed by atoms with E-state index in [1.165, 1.54) is 32.1 Å². The highest BCUT2D eigenvalue weighted by atomic mass is 32.2. The number of nitrogens with one attached hydrogen (secondary N) is 1. The molecule has 1 aliphatic carbocycles. The lowest BCUT2D eigenvalue weighted by Crippen LogP contribution is -2.37. The quantitative estimate of drug-likeness (QED) is 0.790. The topological polar surface area (TPSA) is 87.5 Å². The van der Waals surface area contributed by atoms with E-state index in [0.29, 0.717) is 18.8 Å². The summed E-state index contributed by atoms with van der Waals surface area (Å²) in [5.41, 5.74) is 1.19. The average molecular weight is 350 g/mol. The summed E-state index contributed by atoms with van der Waals surface area (Å²) in [4.78, 5) is 4.11. The lowest BCUT2D eigenvalue weighted by Gasteiger charge is -2.24. The van der Waals surface area contributed by atoms with Gasteiger partial charge in [0.1, 0.15) is 11.4 Å². The van der Waals surface area contributed by atoms with E-state index in [2.05, 4.69) is 10.3 Å². The van der Waals surface area contributed by atoms with E-state index in [1.54, 1.807) is 0 Å². The molecule has 1 heterocycles. The Morgan fingerprint density at radius 1 is 1.38 bits per heavy atom. The monoisotopic (exact) mass is 350 g/mol. The van der Waals surface area contributed by atoms with Crippen LogP contribution in [0.3, 0.4) is 0 Å². The summed E-state index contributed by atoms with van der Waals surface area (Å²) in [6, 6.07) is 7.87. The van der Waals surface area contributed by atoms with Gasteiger partial charge in [-0.3, -0.25) is 0 Å². The molecule has 24 heavy (non-hydrogen) atoms. The van der Waals surface area contributed by atoms with Gasteiger partial charge >= 0.3 is 10.2 Å². The first-order valence-electron chi connectivity index (χ1n) is 7.81. The smallest absolute Gasteiger partial charge is 0.308 e. The molecule has 8 heteroatoms. The molecule has 2 aromatic rings. The molecule has 1 aromatic carbocycles. The molecular weight excluding hydrogens is 328 g/mol. The molecule has 0 aliphatic heterocycles. The zero-order valence-electron chi connectivity index (χ0n) is 13.8. The van der Waals surface area contributed by atoms with E-state index in [9.17, 15) is 13.5 Å². The summed E-state index contributed by atoms with van der Waals surface area (Å²) in [7, 11) is -0.639. The van der Waals surface area contributed by atoms with E-state index in [-0.39, 0.29) is 6.54 Å². The predicted molar refractivity (Wildman–Crippen MR) is 90.6 cm³/mol. The lowest BCUT2D eigenvalue weighted by atomic mass is 9.96. The minimum atomic E-state index is -3.59. The highest BCUT2D eigenvalue weighted by Gasteiger charge is 2.36. The van der Waals surface area contributed by atoms with Crippen LogP contribution in [0.1, 0.15) is 23.4 Å². The number of aliphatic hydroxyl groups is 1. The van der Waals surface area contributed by atoms with Gasteiger partial charge in [-0.05, 0) is 24.0 Å². The van der Waals surface area contributed by atoms with Crippen molar-refractivity contribution in [2.45, 2.75) is 25.0 Å². The van der Waals surface area contributed by atoms with E-state index in [0.717, 1.165) is 20.3 Å². The van der Waals surface area contributed by atoms with E-state index in [1.807, 2.05) is 24.3 Å². The molecule has 0 spiro atoms. The van der Waals surface area contributed by atoms with Gasteiger partial charge in [-0.2, -0.15) is 12.7 Å². The molecule has 2 N–H and O–H groups in total. The van der Waals surface area contributed by atoms with Crippen molar-refractivity contribution < 1.29 is 13.5 Å². The van der Waals surface area contributed by atoms with Gasteiger partial charge in [0.15, 0.2) is 0 Å². The van der Waals surface area contributed by atoms with Crippen LogP contribution >= 0.6 is 0 Å². The van der Waals surface area contributed by atoms with Gasteiger partial charge < -0.3 is 10.4 Å². The van der Waals surface area contributed by atoms with Crippen molar-refractivity contribution in [1.82, 2.24) is 18.6 Å². The van der Waals surface area contributed by atoms with Crippen molar-refractivity contribution in [1.29, 1.82) is 0 Å². The van der Waals surface area contributed by atoms with Crippen molar-refractivity contribution in [3.05, 3.63) is 53.6 Å². The predicted octanol–water partition coefficient (Wildman–Crippen LogP) is 0.461. The van der Waals surface area contributed by atoms with Crippen LogP contribution in [0.2, 0.25) is 0 Å². The number of hydrogen-bond acceptors (Lipinski definition) is 5. The molecule has 0 radical (unpaired) electrons. The van der Waals surface area contributed by atoms with Crippen LogP contribution < -0.4 is 5.32 Å². The SMILES string of the molecule is CN(C)S(=O)(=O)n1ccnc1CNC[C@@]1(O)CCc2ccccc21. The second kappa shape index (κ2) is 6.29. The number of rotatable bonds is 6. The maximum atomic E-state index is 12.2. The first-order chi connectivity index (χ1) is 11.3. The van der Waals surface area contributed by atoms with Crippen molar-refractivity contribution in [3.8, 4) is 0 Å². The molecule has 0 saturated heterocycles. The van der Waals surface area contributed by atoms with Crippen molar-refractivity contribution >= 4 is 10.2 Å². The Kier molecular flexibility index (Phi) is 4.48. The highest BCUT2D eigenvalue weighted by molar-refractivity contribution is 7.87. The number of hydrogen-bond donors (Lipinski definition) is 2. The lowest BCUT2D eigenvalue weighted by molar-refractivity contribution is 0.0383. The van der Waals surface area contributed by atoms with Crippen molar-refractivity contribution in [2.24, 2.45) is 0 Å². The number of benzene rings is 1. The van der Waals surface area contributed by atoms with Crippen molar-refractivity contribution in [2.75, 3.05) is 20.6 Å². The molecule has 0 amide bonds. The number of fused-ring (bicyclic) bond motifs is 1. The van der Waals surface area contributed by atoms with E-state index in [4.69, 9.17) is 0 Å².